The van der Waals surface area contributed by atoms with E-state index in [1.54, 1.807) is 60.4 Å². The molecule has 4 amide bonds. The molecule has 4 rings (SSSR count). The van der Waals surface area contributed by atoms with Crippen molar-refractivity contribution < 1.29 is 23.9 Å². The molecule has 2 atom stereocenters. The highest BCUT2D eigenvalue weighted by Crippen LogP contribution is 2.32. The van der Waals surface area contributed by atoms with Crippen molar-refractivity contribution in [1.29, 1.82) is 0 Å². The molecule has 33 heavy (non-hydrogen) atoms. The number of amides is 4. The Morgan fingerprint density at radius 1 is 1.00 bits per heavy atom. The van der Waals surface area contributed by atoms with Crippen molar-refractivity contribution in [2.45, 2.75) is 37.8 Å². The van der Waals surface area contributed by atoms with E-state index >= 15 is 0 Å². The van der Waals surface area contributed by atoms with E-state index in [0.717, 1.165) is 17.7 Å². The number of carbonyl (C=O) groups is 4. The number of nitrogens with one attached hydrogen (secondary N) is 1. The second kappa shape index (κ2) is 9.44. The van der Waals surface area contributed by atoms with Gasteiger partial charge >= 0.3 is 12.0 Å². The zero-order valence-corrected chi connectivity index (χ0v) is 18.5. The predicted octanol–water partition coefficient (Wildman–Crippen LogP) is 2.75. The molecule has 2 aromatic carbocycles. The largest absolute Gasteiger partial charge is 0.446 e. The van der Waals surface area contributed by atoms with Crippen LogP contribution in [-0.2, 0) is 24.7 Å². The van der Waals surface area contributed by atoms with E-state index in [1.165, 1.54) is 0 Å². The van der Waals surface area contributed by atoms with E-state index in [9.17, 15) is 19.2 Å². The van der Waals surface area contributed by atoms with Crippen LogP contribution >= 0.6 is 0 Å². The standard InChI is InChI=1S/C25H27N3O5/c1-2-25(19-13-7-4-8-14-19)23(31)28(24(32)26-25)17-20(29)33-21(18-11-5-3-6-12-18)22(30)27-15-9-10-16-27/h3-8,11-14,21H,2,9-10,15-17H2,1H3,(H,26,32). The molecule has 8 heteroatoms. The van der Waals surface area contributed by atoms with Gasteiger partial charge in [-0.1, -0.05) is 67.6 Å². The first-order valence-corrected chi connectivity index (χ1v) is 11.2. The molecule has 172 valence electrons. The van der Waals surface area contributed by atoms with Crippen LogP contribution in [0.5, 0.6) is 0 Å². The molecule has 2 unspecified atom stereocenters. The van der Waals surface area contributed by atoms with Crippen molar-refractivity contribution in [3.8, 4) is 0 Å². The number of benzene rings is 2. The van der Waals surface area contributed by atoms with E-state index in [-0.39, 0.29) is 5.91 Å². The van der Waals surface area contributed by atoms with Crippen LogP contribution in [0, 0.1) is 0 Å². The van der Waals surface area contributed by atoms with Crippen LogP contribution in [0.25, 0.3) is 0 Å². The first kappa shape index (κ1) is 22.5. The number of nitrogens with zero attached hydrogens (tertiary/aromatic N) is 2. The molecule has 1 N–H and O–H groups in total. The molecule has 2 saturated heterocycles. The molecule has 2 heterocycles. The van der Waals surface area contributed by atoms with Crippen LogP contribution in [0.15, 0.2) is 60.7 Å². The highest BCUT2D eigenvalue weighted by molar-refractivity contribution is 6.09. The van der Waals surface area contributed by atoms with E-state index in [2.05, 4.69) is 5.32 Å². The van der Waals surface area contributed by atoms with Crippen LogP contribution in [-0.4, -0.2) is 53.2 Å². The highest BCUT2D eigenvalue weighted by atomic mass is 16.5. The number of hydrogen-bond acceptors (Lipinski definition) is 5. The average Bonchev–Trinajstić information content (AvgIpc) is 3.47. The lowest BCUT2D eigenvalue weighted by Gasteiger charge is -2.26. The Kier molecular flexibility index (Phi) is 6.44. The maximum atomic E-state index is 13.3. The molecule has 0 aromatic heterocycles. The lowest BCUT2D eigenvalue weighted by molar-refractivity contribution is -0.161. The van der Waals surface area contributed by atoms with Gasteiger partial charge in [-0.3, -0.25) is 19.3 Å². The fraction of sp³-hybridized carbons (Fsp3) is 0.360. The van der Waals surface area contributed by atoms with Crippen LogP contribution in [0.1, 0.15) is 43.4 Å². The van der Waals surface area contributed by atoms with E-state index in [0.29, 0.717) is 30.6 Å². The normalized spacial score (nSPS) is 21.1. The van der Waals surface area contributed by atoms with Gasteiger partial charge in [-0.2, -0.15) is 0 Å². The maximum Gasteiger partial charge on any atom is 0.327 e. The minimum absolute atomic E-state index is 0.295. The summed E-state index contributed by atoms with van der Waals surface area (Å²) in [4.78, 5) is 54.4. The van der Waals surface area contributed by atoms with Gasteiger partial charge in [-0.05, 0) is 24.8 Å². The molecular formula is C25H27N3O5. The number of carbonyl (C=O) groups excluding carboxylic acids is 4. The van der Waals surface area contributed by atoms with Crippen molar-refractivity contribution in [1.82, 2.24) is 15.1 Å². The van der Waals surface area contributed by atoms with Gasteiger partial charge in [0.25, 0.3) is 11.8 Å². The molecule has 2 aromatic rings. The van der Waals surface area contributed by atoms with Gasteiger partial charge in [0.1, 0.15) is 12.1 Å². The quantitative estimate of drug-likeness (QED) is 0.518. The minimum Gasteiger partial charge on any atom is -0.446 e. The fourth-order valence-corrected chi connectivity index (χ4v) is 4.42. The molecule has 0 aliphatic carbocycles. The number of esters is 1. The summed E-state index contributed by atoms with van der Waals surface area (Å²) in [5, 5.41) is 2.75. The number of imide groups is 1. The monoisotopic (exact) mass is 449 g/mol. The third-order valence-electron chi connectivity index (χ3n) is 6.25. The van der Waals surface area contributed by atoms with Crippen LogP contribution in [0.4, 0.5) is 4.79 Å². The summed E-state index contributed by atoms with van der Waals surface area (Å²) >= 11 is 0. The molecule has 0 bridgehead atoms. The molecule has 8 nitrogen and oxygen atoms in total. The second-order valence-corrected chi connectivity index (χ2v) is 8.26. The molecule has 2 fully saturated rings. The Hall–Kier alpha value is -3.68. The Labute approximate surface area is 192 Å². The van der Waals surface area contributed by atoms with E-state index in [4.69, 9.17) is 4.74 Å². The topological polar surface area (TPSA) is 96.0 Å². The Balaban J connectivity index is 1.52. The van der Waals surface area contributed by atoms with Crippen molar-refractivity contribution in [2.24, 2.45) is 0 Å². The number of ether oxygens (including phenoxy) is 1. The lowest BCUT2D eigenvalue weighted by atomic mass is 9.87. The third-order valence-corrected chi connectivity index (χ3v) is 6.25. The van der Waals surface area contributed by atoms with Gasteiger partial charge < -0.3 is 15.0 Å². The molecule has 0 spiro atoms. The van der Waals surface area contributed by atoms with Gasteiger partial charge in [-0.25, -0.2) is 4.79 Å². The second-order valence-electron chi connectivity index (χ2n) is 8.26. The van der Waals surface area contributed by atoms with Crippen molar-refractivity contribution in [2.75, 3.05) is 19.6 Å². The molecule has 2 aliphatic rings. The first-order valence-electron chi connectivity index (χ1n) is 11.2. The number of likely N-dealkylation sites (tertiary alicyclic amines) is 1. The van der Waals surface area contributed by atoms with E-state index in [1.807, 2.05) is 12.1 Å². The summed E-state index contributed by atoms with van der Waals surface area (Å²) in [6.45, 7) is 2.45. The van der Waals surface area contributed by atoms with Gasteiger partial charge in [0, 0.05) is 18.7 Å². The zero-order valence-electron chi connectivity index (χ0n) is 18.5. The highest BCUT2D eigenvalue weighted by Gasteiger charge is 2.52. The summed E-state index contributed by atoms with van der Waals surface area (Å²) in [6.07, 6.45) is 1.01. The van der Waals surface area contributed by atoms with Crippen LogP contribution < -0.4 is 5.32 Å². The first-order chi connectivity index (χ1) is 16.0. The van der Waals surface area contributed by atoms with Crippen LogP contribution in [0.2, 0.25) is 0 Å². The summed E-state index contributed by atoms with van der Waals surface area (Å²) in [5.74, 6) is -1.63. The lowest BCUT2D eigenvalue weighted by Crippen LogP contribution is -2.44. The number of urea groups is 1. The van der Waals surface area contributed by atoms with Crippen molar-refractivity contribution in [3.63, 3.8) is 0 Å². The fourth-order valence-electron chi connectivity index (χ4n) is 4.42. The summed E-state index contributed by atoms with van der Waals surface area (Å²) < 4.78 is 5.57. The number of rotatable bonds is 7. The van der Waals surface area contributed by atoms with Crippen LogP contribution in [0.3, 0.4) is 0 Å². The molecular weight excluding hydrogens is 422 g/mol. The van der Waals surface area contributed by atoms with Gasteiger partial charge in [0.15, 0.2) is 0 Å². The maximum absolute atomic E-state index is 13.3. The van der Waals surface area contributed by atoms with Gasteiger partial charge in [0.05, 0.1) is 0 Å². The zero-order chi connectivity index (χ0) is 23.4. The summed E-state index contributed by atoms with van der Waals surface area (Å²) in [7, 11) is 0. The Morgan fingerprint density at radius 2 is 1.61 bits per heavy atom. The smallest absolute Gasteiger partial charge is 0.327 e. The number of hydrogen-bond donors (Lipinski definition) is 1. The summed E-state index contributed by atoms with van der Waals surface area (Å²) in [5.41, 5.74) is -0.0386. The predicted molar refractivity (Wildman–Crippen MR) is 120 cm³/mol. The summed E-state index contributed by atoms with van der Waals surface area (Å²) in [6, 6.07) is 17.1. The Morgan fingerprint density at radius 3 is 2.21 bits per heavy atom. The van der Waals surface area contributed by atoms with Crippen molar-refractivity contribution in [3.05, 3.63) is 71.8 Å². The van der Waals surface area contributed by atoms with Gasteiger partial charge in [-0.15, -0.1) is 0 Å². The van der Waals surface area contributed by atoms with Crippen molar-refractivity contribution >= 4 is 23.8 Å². The molecule has 0 radical (unpaired) electrons. The Bertz CT molecular complexity index is 1040. The third kappa shape index (κ3) is 4.33. The average molecular weight is 450 g/mol. The SMILES string of the molecule is CCC1(c2ccccc2)NC(=O)N(CC(=O)OC(C(=O)N2CCCC2)c2ccccc2)C1=O. The molecule has 0 saturated carbocycles. The minimum atomic E-state index is -1.23. The molecule has 2 aliphatic heterocycles. The van der Waals surface area contributed by atoms with Gasteiger partial charge in [0.2, 0.25) is 6.10 Å². The van der Waals surface area contributed by atoms with E-state index < -0.39 is 36.1 Å².